The highest BCUT2D eigenvalue weighted by molar-refractivity contribution is 7.99. The van der Waals surface area contributed by atoms with Gasteiger partial charge in [-0.15, -0.1) is 11.8 Å². The lowest BCUT2D eigenvalue weighted by molar-refractivity contribution is 0.180. The van der Waals surface area contributed by atoms with Crippen LogP contribution in [-0.2, 0) is 4.74 Å². The van der Waals surface area contributed by atoms with E-state index in [1.807, 2.05) is 25.2 Å². The highest BCUT2D eigenvalue weighted by Gasteiger charge is 2.24. The van der Waals surface area contributed by atoms with Gasteiger partial charge in [-0.3, -0.25) is 0 Å². The Labute approximate surface area is 122 Å². The molecule has 18 heavy (non-hydrogen) atoms. The molecule has 2 nitrogen and oxygen atoms in total. The minimum Gasteiger partial charge on any atom is -0.381 e. The summed E-state index contributed by atoms with van der Waals surface area (Å²) >= 11 is 13.9. The molecule has 2 unspecified atom stereocenters. The molecule has 2 atom stereocenters. The van der Waals surface area contributed by atoms with Crippen LogP contribution < -0.4 is 5.32 Å². The van der Waals surface area contributed by atoms with Crippen molar-refractivity contribution < 1.29 is 4.74 Å². The molecule has 5 heteroatoms. The fourth-order valence-corrected chi connectivity index (χ4v) is 3.82. The van der Waals surface area contributed by atoms with Gasteiger partial charge < -0.3 is 10.1 Å². The number of hydrogen-bond acceptors (Lipinski definition) is 3. The van der Waals surface area contributed by atoms with Crippen LogP contribution >= 0.6 is 35.0 Å². The summed E-state index contributed by atoms with van der Waals surface area (Å²) in [5.74, 6) is 1.57. The molecule has 0 aromatic heterocycles. The van der Waals surface area contributed by atoms with E-state index in [-0.39, 0.29) is 0 Å². The Bertz CT molecular complexity index is 397. The maximum Gasteiger partial charge on any atom is 0.0542 e. The third-order valence-electron chi connectivity index (χ3n) is 3.22. The molecule has 1 aliphatic heterocycles. The van der Waals surface area contributed by atoms with E-state index < -0.39 is 0 Å². The van der Waals surface area contributed by atoms with Gasteiger partial charge in [0.05, 0.1) is 11.6 Å². The predicted molar refractivity (Wildman–Crippen MR) is 79.0 cm³/mol. The van der Waals surface area contributed by atoms with Crippen LogP contribution in [-0.4, -0.2) is 32.1 Å². The second-order valence-electron chi connectivity index (χ2n) is 4.40. The van der Waals surface area contributed by atoms with Crippen molar-refractivity contribution in [2.75, 3.05) is 26.0 Å². The Hall–Kier alpha value is 0.0700. The van der Waals surface area contributed by atoms with Gasteiger partial charge in [-0.25, -0.2) is 0 Å². The molecule has 0 spiro atoms. The first-order valence-electron chi connectivity index (χ1n) is 6.03. The second-order valence-corrected chi connectivity index (χ2v) is 6.31. The molecule has 0 saturated carbocycles. The monoisotopic (exact) mass is 305 g/mol. The van der Waals surface area contributed by atoms with E-state index in [1.54, 1.807) is 11.8 Å². The van der Waals surface area contributed by atoms with E-state index >= 15 is 0 Å². The van der Waals surface area contributed by atoms with E-state index in [0.29, 0.717) is 12.0 Å². The van der Waals surface area contributed by atoms with Crippen LogP contribution in [0.5, 0.6) is 0 Å². The van der Waals surface area contributed by atoms with Crippen LogP contribution in [0, 0.1) is 5.92 Å². The molecule has 1 aliphatic rings. The molecule has 1 fully saturated rings. The topological polar surface area (TPSA) is 21.3 Å². The van der Waals surface area contributed by atoms with Crippen molar-refractivity contribution in [2.45, 2.75) is 17.4 Å². The zero-order chi connectivity index (χ0) is 13.0. The Morgan fingerprint density at radius 3 is 3.00 bits per heavy atom. The van der Waals surface area contributed by atoms with Crippen LogP contribution in [0.2, 0.25) is 10.0 Å². The van der Waals surface area contributed by atoms with Gasteiger partial charge in [0, 0.05) is 34.2 Å². The quantitative estimate of drug-likeness (QED) is 0.838. The van der Waals surface area contributed by atoms with Crippen LogP contribution in [0.3, 0.4) is 0 Å². The average molecular weight is 306 g/mol. The number of halogens is 2. The SMILES string of the molecule is CNC(CSc1cc(Cl)ccc1Cl)C1CCOC1. The zero-order valence-corrected chi connectivity index (χ0v) is 12.6. The predicted octanol–water partition coefficient (Wildman–Crippen LogP) is 3.71. The Kier molecular flexibility index (Phi) is 5.64. The van der Waals surface area contributed by atoms with Gasteiger partial charge in [0.15, 0.2) is 0 Å². The number of ether oxygens (including phenoxy) is 1. The number of rotatable bonds is 5. The minimum atomic E-state index is 0.451. The highest BCUT2D eigenvalue weighted by atomic mass is 35.5. The van der Waals surface area contributed by atoms with Crippen molar-refractivity contribution in [2.24, 2.45) is 5.92 Å². The number of thioether (sulfide) groups is 1. The molecular formula is C13H17Cl2NOS. The van der Waals surface area contributed by atoms with Gasteiger partial charge in [-0.1, -0.05) is 23.2 Å². The van der Waals surface area contributed by atoms with E-state index in [0.717, 1.165) is 40.3 Å². The molecule has 1 aromatic carbocycles. The van der Waals surface area contributed by atoms with Crippen LogP contribution in [0.1, 0.15) is 6.42 Å². The molecular weight excluding hydrogens is 289 g/mol. The molecule has 1 saturated heterocycles. The molecule has 2 rings (SSSR count). The number of nitrogens with one attached hydrogen (secondary N) is 1. The zero-order valence-electron chi connectivity index (χ0n) is 10.3. The Morgan fingerprint density at radius 2 is 2.33 bits per heavy atom. The summed E-state index contributed by atoms with van der Waals surface area (Å²) < 4.78 is 5.44. The lowest BCUT2D eigenvalue weighted by Gasteiger charge is -2.21. The van der Waals surface area contributed by atoms with Gasteiger partial charge in [0.25, 0.3) is 0 Å². The first-order valence-corrected chi connectivity index (χ1v) is 7.77. The Balaban J connectivity index is 1.94. The number of hydrogen-bond donors (Lipinski definition) is 1. The largest absolute Gasteiger partial charge is 0.381 e. The summed E-state index contributed by atoms with van der Waals surface area (Å²) in [6, 6.07) is 6.03. The van der Waals surface area contributed by atoms with Crippen molar-refractivity contribution >= 4 is 35.0 Å². The van der Waals surface area contributed by atoms with Crippen molar-refractivity contribution in [1.29, 1.82) is 0 Å². The molecule has 0 radical (unpaired) electrons. The number of benzene rings is 1. The second kappa shape index (κ2) is 7.01. The molecule has 0 bridgehead atoms. The maximum atomic E-state index is 6.16. The summed E-state index contributed by atoms with van der Waals surface area (Å²) in [5.41, 5.74) is 0. The standard InChI is InChI=1S/C13H17Cl2NOS/c1-16-12(9-4-5-17-7-9)8-18-13-6-10(14)2-3-11(13)15/h2-3,6,9,12,16H,4-5,7-8H2,1H3. The normalized spacial score (nSPS) is 21.2. The summed E-state index contributed by atoms with van der Waals surface area (Å²) in [7, 11) is 2.00. The van der Waals surface area contributed by atoms with Crippen molar-refractivity contribution in [3.05, 3.63) is 28.2 Å². The first-order chi connectivity index (χ1) is 8.70. The van der Waals surface area contributed by atoms with Gasteiger partial charge >= 0.3 is 0 Å². The summed E-state index contributed by atoms with van der Waals surface area (Å²) in [5, 5.41) is 4.87. The lowest BCUT2D eigenvalue weighted by atomic mass is 10.0. The molecule has 1 heterocycles. The van der Waals surface area contributed by atoms with Gasteiger partial charge in [-0.2, -0.15) is 0 Å². The molecule has 100 valence electrons. The van der Waals surface area contributed by atoms with Gasteiger partial charge in [-0.05, 0) is 31.7 Å². The van der Waals surface area contributed by atoms with Gasteiger partial charge in [0.1, 0.15) is 0 Å². The molecule has 1 N–H and O–H groups in total. The summed E-state index contributed by atoms with van der Waals surface area (Å²) in [6.07, 6.45) is 1.13. The average Bonchev–Trinajstić information content (AvgIpc) is 2.88. The summed E-state index contributed by atoms with van der Waals surface area (Å²) in [4.78, 5) is 1.04. The highest BCUT2D eigenvalue weighted by Crippen LogP contribution is 2.31. The molecule has 0 aliphatic carbocycles. The van der Waals surface area contributed by atoms with Crippen molar-refractivity contribution in [3.8, 4) is 0 Å². The fraction of sp³-hybridized carbons (Fsp3) is 0.538. The van der Waals surface area contributed by atoms with Gasteiger partial charge in [0.2, 0.25) is 0 Å². The van der Waals surface area contributed by atoms with Crippen LogP contribution in [0.15, 0.2) is 23.1 Å². The van der Waals surface area contributed by atoms with Crippen LogP contribution in [0.4, 0.5) is 0 Å². The molecule has 1 aromatic rings. The van der Waals surface area contributed by atoms with Crippen molar-refractivity contribution in [3.63, 3.8) is 0 Å². The van der Waals surface area contributed by atoms with E-state index in [2.05, 4.69) is 5.32 Å². The van der Waals surface area contributed by atoms with E-state index in [1.165, 1.54) is 0 Å². The lowest BCUT2D eigenvalue weighted by Crippen LogP contribution is -2.36. The first kappa shape index (κ1) is 14.5. The molecule has 0 amide bonds. The third kappa shape index (κ3) is 3.78. The van der Waals surface area contributed by atoms with E-state index in [4.69, 9.17) is 27.9 Å². The third-order valence-corrected chi connectivity index (χ3v) is 5.07. The maximum absolute atomic E-state index is 6.16. The fourth-order valence-electron chi connectivity index (χ4n) is 2.09. The summed E-state index contributed by atoms with van der Waals surface area (Å²) in [6.45, 7) is 1.74. The smallest absolute Gasteiger partial charge is 0.0542 e. The van der Waals surface area contributed by atoms with E-state index in [9.17, 15) is 0 Å². The minimum absolute atomic E-state index is 0.451. The Morgan fingerprint density at radius 1 is 1.50 bits per heavy atom. The van der Waals surface area contributed by atoms with Crippen LogP contribution in [0.25, 0.3) is 0 Å². The van der Waals surface area contributed by atoms with Crippen molar-refractivity contribution in [1.82, 2.24) is 5.32 Å².